The molecule has 1 heterocycles. The normalized spacial score (nSPS) is 35.0. The standard InChI is InChI=1S/C10H17N3O/c1-13-7-3-6-11-10(13)12-8-4-2-5-9(8)14/h3,6,8-9,14H,2,4-5,7H2,1H3,(H,11,12). The highest BCUT2D eigenvalue weighted by Crippen LogP contribution is 2.22. The van der Waals surface area contributed by atoms with Gasteiger partial charge in [-0.2, -0.15) is 0 Å². The SMILES string of the molecule is CN1CC=CNC1=NC1CCCC1O. The molecule has 0 amide bonds. The molecule has 2 atom stereocenters. The molecule has 2 unspecified atom stereocenters. The van der Waals surface area contributed by atoms with Crippen LogP contribution < -0.4 is 5.32 Å². The van der Waals surface area contributed by atoms with Gasteiger partial charge in [0, 0.05) is 19.8 Å². The molecule has 2 aliphatic rings. The van der Waals surface area contributed by atoms with Gasteiger partial charge >= 0.3 is 0 Å². The summed E-state index contributed by atoms with van der Waals surface area (Å²) < 4.78 is 0. The maximum Gasteiger partial charge on any atom is 0.198 e. The molecule has 4 nitrogen and oxygen atoms in total. The van der Waals surface area contributed by atoms with E-state index in [4.69, 9.17) is 0 Å². The number of likely N-dealkylation sites (N-methyl/N-ethyl adjacent to an activating group) is 1. The Bertz CT molecular complexity index is 262. The third-order valence-corrected chi connectivity index (χ3v) is 2.80. The molecule has 78 valence electrons. The fraction of sp³-hybridized carbons (Fsp3) is 0.700. The Morgan fingerprint density at radius 2 is 2.43 bits per heavy atom. The lowest BCUT2D eigenvalue weighted by Gasteiger charge is -2.24. The van der Waals surface area contributed by atoms with Gasteiger partial charge in [-0.05, 0) is 25.3 Å². The zero-order valence-corrected chi connectivity index (χ0v) is 8.48. The van der Waals surface area contributed by atoms with Crippen LogP contribution in [0.2, 0.25) is 0 Å². The summed E-state index contributed by atoms with van der Waals surface area (Å²) in [7, 11) is 2.00. The second-order valence-electron chi connectivity index (χ2n) is 3.95. The largest absolute Gasteiger partial charge is 0.391 e. The van der Waals surface area contributed by atoms with E-state index < -0.39 is 0 Å². The van der Waals surface area contributed by atoms with E-state index in [1.165, 1.54) is 0 Å². The molecule has 1 saturated carbocycles. The molecule has 0 radical (unpaired) electrons. The zero-order chi connectivity index (χ0) is 9.97. The van der Waals surface area contributed by atoms with Crippen LogP contribution in [0.1, 0.15) is 19.3 Å². The molecular weight excluding hydrogens is 178 g/mol. The van der Waals surface area contributed by atoms with Gasteiger partial charge in [0.15, 0.2) is 5.96 Å². The van der Waals surface area contributed by atoms with E-state index >= 15 is 0 Å². The third-order valence-electron chi connectivity index (χ3n) is 2.80. The van der Waals surface area contributed by atoms with Gasteiger partial charge in [0.2, 0.25) is 0 Å². The lowest BCUT2D eigenvalue weighted by atomic mass is 10.2. The van der Waals surface area contributed by atoms with Crippen molar-refractivity contribution in [3.05, 3.63) is 12.3 Å². The highest BCUT2D eigenvalue weighted by atomic mass is 16.3. The van der Waals surface area contributed by atoms with Crippen molar-refractivity contribution >= 4 is 5.96 Å². The van der Waals surface area contributed by atoms with E-state index in [2.05, 4.69) is 10.3 Å². The number of aliphatic hydroxyl groups excluding tert-OH is 1. The van der Waals surface area contributed by atoms with Gasteiger partial charge in [-0.3, -0.25) is 0 Å². The number of hydrogen-bond acceptors (Lipinski definition) is 2. The number of aliphatic imine (C=N–C) groups is 1. The third kappa shape index (κ3) is 1.90. The number of nitrogens with zero attached hydrogens (tertiary/aromatic N) is 2. The van der Waals surface area contributed by atoms with Crippen molar-refractivity contribution in [2.45, 2.75) is 31.4 Å². The summed E-state index contributed by atoms with van der Waals surface area (Å²) in [6.07, 6.45) is 6.68. The van der Waals surface area contributed by atoms with Gasteiger partial charge < -0.3 is 15.3 Å². The van der Waals surface area contributed by atoms with Crippen molar-refractivity contribution in [3.63, 3.8) is 0 Å². The first-order valence-corrected chi connectivity index (χ1v) is 5.16. The van der Waals surface area contributed by atoms with Crippen molar-refractivity contribution in [1.29, 1.82) is 0 Å². The Hall–Kier alpha value is -1.03. The van der Waals surface area contributed by atoms with Crippen LogP contribution in [0.25, 0.3) is 0 Å². The lowest BCUT2D eigenvalue weighted by molar-refractivity contribution is 0.165. The minimum absolute atomic E-state index is 0.0893. The topological polar surface area (TPSA) is 47.9 Å². The molecule has 4 heteroatoms. The average Bonchev–Trinajstić information content (AvgIpc) is 2.56. The van der Waals surface area contributed by atoms with E-state index in [-0.39, 0.29) is 12.1 Å². The van der Waals surface area contributed by atoms with Crippen LogP contribution in [0.3, 0.4) is 0 Å². The van der Waals surface area contributed by atoms with Crippen molar-refractivity contribution < 1.29 is 5.11 Å². The quantitative estimate of drug-likeness (QED) is 0.633. The first-order valence-electron chi connectivity index (χ1n) is 5.16. The first kappa shape index (κ1) is 9.52. The smallest absolute Gasteiger partial charge is 0.198 e. The number of guanidine groups is 1. The van der Waals surface area contributed by atoms with Crippen LogP contribution in [-0.4, -0.2) is 41.7 Å². The first-order chi connectivity index (χ1) is 6.77. The zero-order valence-electron chi connectivity index (χ0n) is 8.48. The van der Waals surface area contributed by atoms with Gasteiger partial charge in [-0.1, -0.05) is 0 Å². The van der Waals surface area contributed by atoms with Crippen LogP contribution in [0.5, 0.6) is 0 Å². The van der Waals surface area contributed by atoms with Gasteiger partial charge in [0.25, 0.3) is 0 Å². The van der Waals surface area contributed by atoms with Gasteiger partial charge in [0.1, 0.15) is 0 Å². The second-order valence-corrected chi connectivity index (χ2v) is 3.95. The predicted octanol–water partition coefficient (Wildman–Crippen LogP) is 0.304. The van der Waals surface area contributed by atoms with Crippen molar-refractivity contribution in [3.8, 4) is 0 Å². The molecule has 0 bridgehead atoms. The maximum atomic E-state index is 9.63. The molecule has 1 aliphatic carbocycles. The van der Waals surface area contributed by atoms with E-state index in [1.807, 2.05) is 24.2 Å². The van der Waals surface area contributed by atoms with Gasteiger partial charge in [0.05, 0.1) is 12.1 Å². The van der Waals surface area contributed by atoms with Crippen molar-refractivity contribution in [1.82, 2.24) is 10.2 Å². The maximum absolute atomic E-state index is 9.63. The van der Waals surface area contributed by atoms with Crippen LogP contribution in [0, 0.1) is 0 Å². The van der Waals surface area contributed by atoms with E-state index in [0.29, 0.717) is 0 Å². The second kappa shape index (κ2) is 4.00. The fourth-order valence-electron chi connectivity index (χ4n) is 1.91. The Balaban J connectivity index is 2.05. The molecule has 2 rings (SSSR count). The Morgan fingerprint density at radius 3 is 3.07 bits per heavy atom. The average molecular weight is 195 g/mol. The summed E-state index contributed by atoms with van der Waals surface area (Å²) in [4.78, 5) is 6.57. The van der Waals surface area contributed by atoms with Crippen molar-refractivity contribution in [2.75, 3.05) is 13.6 Å². The molecule has 14 heavy (non-hydrogen) atoms. The number of nitrogens with one attached hydrogen (secondary N) is 1. The molecule has 0 aromatic carbocycles. The minimum Gasteiger partial charge on any atom is -0.391 e. The Kier molecular flexibility index (Phi) is 2.72. The van der Waals surface area contributed by atoms with E-state index in [1.54, 1.807) is 0 Å². The highest BCUT2D eigenvalue weighted by Gasteiger charge is 2.25. The Morgan fingerprint density at radius 1 is 1.57 bits per heavy atom. The van der Waals surface area contributed by atoms with Crippen molar-refractivity contribution in [2.24, 2.45) is 4.99 Å². The summed E-state index contributed by atoms with van der Waals surface area (Å²) in [5.74, 6) is 0.874. The monoisotopic (exact) mass is 195 g/mol. The van der Waals surface area contributed by atoms with Crippen LogP contribution >= 0.6 is 0 Å². The van der Waals surface area contributed by atoms with Gasteiger partial charge in [-0.15, -0.1) is 0 Å². The Labute approximate surface area is 84.3 Å². The molecule has 1 fully saturated rings. The summed E-state index contributed by atoms with van der Waals surface area (Å²) >= 11 is 0. The number of rotatable bonds is 1. The molecule has 2 N–H and O–H groups in total. The lowest BCUT2D eigenvalue weighted by Crippen LogP contribution is -2.41. The molecule has 1 aliphatic heterocycles. The predicted molar refractivity (Wildman–Crippen MR) is 56.0 cm³/mol. The molecule has 0 spiro atoms. The molecule has 0 aromatic rings. The van der Waals surface area contributed by atoms with Crippen LogP contribution in [0.15, 0.2) is 17.3 Å². The number of hydrogen-bond donors (Lipinski definition) is 2. The summed E-state index contributed by atoms with van der Waals surface area (Å²) in [6.45, 7) is 0.884. The van der Waals surface area contributed by atoms with Crippen LogP contribution in [-0.2, 0) is 0 Å². The molecule has 0 aromatic heterocycles. The van der Waals surface area contributed by atoms with Crippen LogP contribution in [0.4, 0.5) is 0 Å². The minimum atomic E-state index is -0.247. The molecule has 0 saturated heterocycles. The summed E-state index contributed by atoms with van der Waals surface area (Å²) in [5.41, 5.74) is 0. The van der Waals surface area contributed by atoms with Gasteiger partial charge in [-0.25, -0.2) is 4.99 Å². The van der Waals surface area contributed by atoms with E-state index in [9.17, 15) is 5.11 Å². The fourth-order valence-corrected chi connectivity index (χ4v) is 1.91. The van der Waals surface area contributed by atoms with E-state index in [0.717, 1.165) is 31.8 Å². The molecular formula is C10H17N3O. The highest BCUT2D eigenvalue weighted by molar-refractivity contribution is 5.81. The summed E-state index contributed by atoms with van der Waals surface area (Å²) in [6, 6.07) is 0.0893. The summed E-state index contributed by atoms with van der Waals surface area (Å²) in [5, 5.41) is 12.7. The number of aliphatic hydroxyl groups is 1.